The Hall–Kier alpha value is -2.61. The van der Waals surface area contributed by atoms with E-state index in [1.165, 1.54) is 12.1 Å². The van der Waals surface area contributed by atoms with Gasteiger partial charge in [0.15, 0.2) is 9.40 Å². The Morgan fingerprint density at radius 1 is 0.500 bits per heavy atom. The third kappa shape index (κ3) is 2.21. The second kappa shape index (κ2) is 5.70. The zero-order valence-corrected chi connectivity index (χ0v) is 13.3. The van der Waals surface area contributed by atoms with Crippen LogP contribution in [0.1, 0.15) is 0 Å². The van der Waals surface area contributed by atoms with Gasteiger partial charge in [0.2, 0.25) is 29.1 Å². The molecule has 0 saturated heterocycles. The minimum atomic E-state index is -2.26. The Kier molecular flexibility index (Phi) is 3.69. The van der Waals surface area contributed by atoms with Crippen molar-refractivity contribution >= 4 is 30.6 Å². The zero-order valence-electron chi connectivity index (χ0n) is 12.5. The van der Waals surface area contributed by atoms with E-state index in [1.54, 1.807) is 0 Å². The number of benzene rings is 3. The number of thiophene rings is 1. The largest absolute Gasteiger partial charge is 0.257 e. The van der Waals surface area contributed by atoms with Gasteiger partial charge in [0, 0.05) is 22.6 Å². The summed E-state index contributed by atoms with van der Waals surface area (Å²) in [6.45, 7) is 0. The topological polar surface area (TPSA) is 0 Å². The van der Waals surface area contributed by atoms with Crippen molar-refractivity contribution in [2.75, 3.05) is 0 Å². The van der Waals surface area contributed by atoms with E-state index < -0.39 is 56.1 Å². The van der Waals surface area contributed by atoms with E-state index in [4.69, 9.17) is 0 Å². The molecule has 0 amide bonds. The summed E-state index contributed by atoms with van der Waals surface area (Å²) in [4.78, 5) is -1.03. The molecule has 0 saturated carbocycles. The minimum Gasteiger partial charge on any atom is -0.207 e. The van der Waals surface area contributed by atoms with Crippen LogP contribution < -0.4 is 0 Å². The average Bonchev–Trinajstić information content (AvgIpc) is 2.92. The molecule has 0 spiro atoms. The third-order valence-corrected chi connectivity index (χ3v) is 6.35. The second-order valence-corrected chi connectivity index (χ2v) is 7.39. The Bertz CT molecular complexity index is 1120. The Labute approximate surface area is 144 Å². The highest BCUT2D eigenvalue weighted by Crippen LogP contribution is 2.51. The minimum absolute atomic E-state index is 0.145. The molecule has 0 N–H and O–H groups in total. The van der Waals surface area contributed by atoms with Gasteiger partial charge in [0.25, 0.3) is 4.90 Å². The van der Waals surface area contributed by atoms with E-state index in [0.717, 1.165) is 24.3 Å². The molecule has 0 bridgehead atoms. The lowest BCUT2D eigenvalue weighted by atomic mass is 10.1. The third-order valence-electron chi connectivity index (χ3n) is 3.99. The molecule has 0 fully saturated rings. The van der Waals surface area contributed by atoms with E-state index in [-0.39, 0.29) is 20.2 Å². The molecule has 0 nitrogen and oxygen atoms in total. The molecular formula is C18H6F7S+. The molecule has 0 atom stereocenters. The van der Waals surface area contributed by atoms with Crippen LogP contribution in [0.2, 0.25) is 0 Å². The van der Waals surface area contributed by atoms with Crippen molar-refractivity contribution in [2.24, 2.45) is 0 Å². The summed E-state index contributed by atoms with van der Waals surface area (Å²) in [5.74, 6) is -11.7. The maximum absolute atomic E-state index is 14.3. The molecule has 0 unspecified atom stereocenters. The van der Waals surface area contributed by atoms with Crippen molar-refractivity contribution in [1.29, 1.82) is 0 Å². The van der Waals surface area contributed by atoms with Crippen LogP contribution >= 0.6 is 10.5 Å². The average molecular weight is 387 g/mol. The molecule has 26 heavy (non-hydrogen) atoms. The number of rotatable bonds is 1. The fourth-order valence-electron chi connectivity index (χ4n) is 2.88. The SMILES string of the molecule is Fc1ccc2c(c1)c1cc(F)ccc1[s+]2-c1c(F)c(F)c(F)c(F)c1F. The lowest BCUT2D eigenvalue weighted by Crippen LogP contribution is -2.02. The first-order valence-corrected chi connectivity index (χ1v) is 8.39. The zero-order chi connectivity index (χ0) is 18.7. The van der Waals surface area contributed by atoms with E-state index in [1.807, 2.05) is 0 Å². The van der Waals surface area contributed by atoms with Crippen LogP contribution in [0, 0.1) is 40.7 Å². The second-order valence-electron chi connectivity index (χ2n) is 5.49. The molecule has 3 aromatic carbocycles. The normalized spacial score (nSPS) is 11.7. The molecule has 1 heterocycles. The van der Waals surface area contributed by atoms with Gasteiger partial charge in [0.05, 0.1) is 10.8 Å². The van der Waals surface area contributed by atoms with Crippen LogP contribution in [-0.2, 0) is 0 Å². The predicted molar refractivity (Wildman–Crippen MR) is 85.0 cm³/mol. The van der Waals surface area contributed by atoms with Gasteiger partial charge in [0.1, 0.15) is 11.6 Å². The molecule has 0 aliphatic heterocycles. The van der Waals surface area contributed by atoms with Crippen LogP contribution in [0.15, 0.2) is 36.4 Å². The summed E-state index contributed by atoms with van der Waals surface area (Å²) < 4.78 is 96.9. The standard InChI is InChI=1S/C18H6F7S/c19-7-1-3-11-9(5-7)10-6-8(20)2-4-12(10)26(11)18-16(24)14(22)13(21)15(23)17(18)25/h1-6H/q+1. The summed E-state index contributed by atoms with van der Waals surface area (Å²) in [6.07, 6.45) is 0. The van der Waals surface area contributed by atoms with Crippen LogP contribution in [0.3, 0.4) is 0 Å². The van der Waals surface area contributed by atoms with E-state index in [2.05, 4.69) is 0 Å². The Balaban J connectivity index is 2.26. The number of halogens is 7. The van der Waals surface area contributed by atoms with Gasteiger partial charge in [-0.05, 0) is 24.3 Å². The molecule has 0 radical (unpaired) electrons. The summed E-state index contributed by atoms with van der Waals surface area (Å²) in [5, 5.41) is 0.290. The van der Waals surface area contributed by atoms with E-state index in [0.29, 0.717) is 0 Å². The van der Waals surface area contributed by atoms with Gasteiger partial charge < -0.3 is 0 Å². The first-order valence-electron chi connectivity index (χ1n) is 7.16. The van der Waals surface area contributed by atoms with Crippen molar-refractivity contribution in [3.05, 3.63) is 77.1 Å². The molecule has 0 aliphatic carbocycles. The molecule has 8 heteroatoms. The van der Waals surface area contributed by atoms with Gasteiger partial charge in [-0.2, -0.15) is 8.78 Å². The first-order chi connectivity index (χ1) is 12.3. The summed E-state index contributed by atoms with van der Waals surface area (Å²) in [7, 11) is -1.74. The van der Waals surface area contributed by atoms with Crippen LogP contribution in [0.25, 0.3) is 25.1 Å². The highest BCUT2D eigenvalue weighted by molar-refractivity contribution is 7.50. The monoisotopic (exact) mass is 387 g/mol. The number of fused-ring (bicyclic) bond motifs is 3. The summed E-state index contributed by atoms with van der Waals surface area (Å²) in [6, 6.07) is 6.48. The Morgan fingerprint density at radius 3 is 1.31 bits per heavy atom. The Morgan fingerprint density at radius 2 is 0.885 bits per heavy atom. The van der Waals surface area contributed by atoms with Crippen LogP contribution in [0.4, 0.5) is 30.7 Å². The summed E-state index contributed by atoms with van der Waals surface area (Å²) >= 11 is 0. The van der Waals surface area contributed by atoms with Gasteiger partial charge in [-0.15, -0.1) is 0 Å². The van der Waals surface area contributed by atoms with Crippen LogP contribution in [0.5, 0.6) is 0 Å². The lowest BCUT2D eigenvalue weighted by molar-refractivity contribution is 0.383. The highest BCUT2D eigenvalue weighted by Gasteiger charge is 2.36. The van der Waals surface area contributed by atoms with Crippen molar-refractivity contribution in [1.82, 2.24) is 0 Å². The maximum atomic E-state index is 14.3. The van der Waals surface area contributed by atoms with Crippen molar-refractivity contribution in [3.63, 3.8) is 0 Å². The predicted octanol–water partition coefficient (Wildman–Crippen LogP) is 6.71. The highest BCUT2D eigenvalue weighted by atomic mass is 32.2. The van der Waals surface area contributed by atoms with Gasteiger partial charge in [-0.1, -0.05) is 0 Å². The van der Waals surface area contributed by atoms with Crippen molar-refractivity contribution in [2.45, 2.75) is 0 Å². The van der Waals surface area contributed by atoms with Gasteiger partial charge >= 0.3 is 0 Å². The van der Waals surface area contributed by atoms with E-state index in [9.17, 15) is 30.7 Å². The van der Waals surface area contributed by atoms with Crippen LogP contribution in [-0.4, -0.2) is 0 Å². The molecule has 4 rings (SSSR count). The number of hydrogen-bond donors (Lipinski definition) is 0. The quantitative estimate of drug-likeness (QED) is 0.147. The van der Waals surface area contributed by atoms with Crippen molar-refractivity contribution < 1.29 is 30.7 Å². The molecule has 0 aliphatic rings. The molecular weight excluding hydrogens is 381 g/mol. The van der Waals surface area contributed by atoms with Gasteiger partial charge in [-0.3, -0.25) is 0 Å². The molecule has 132 valence electrons. The number of hydrogen-bond acceptors (Lipinski definition) is 0. The fourth-order valence-corrected chi connectivity index (χ4v) is 5.28. The molecule has 1 aromatic heterocycles. The molecule has 4 aromatic rings. The van der Waals surface area contributed by atoms with E-state index >= 15 is 0 Å². The maximum Gasteiger partial charge on any atom is 0.257 e. The van der Waals surface area contributed by atoms with Crippen molar-refractivity contribution in [3.8, 4) is 4.90 Å². The van der Waals surface area contributed by atoms with Gasteiger partial charge in [-0.25, -0.2) is 22.0 Å². The lowest BCUT2D eigenvalue weighted by Gasteiger charge is -2.02. The first kappa shape index (κ1) is 16.8. The fraction of sp³-hybridized carbons (Fsp3) is 0. The smallest absolute Gasteiger partial charge is 0.207 e. The summed E-state index contributed by atoms with van der Waals surface area (Å²) in [5.41, 5.74) is 0.